The summed E-state index contributed by atoms with van der Waals surface area (Å²) in [6.45, 7) is 8.06. The quantitative estimate of drug-likeness (QED) is 0.766. The first-order valence-corrected chi connectivity index (χ1v) is 9.15. The highest BCUT2D eigenvalue weighted by Gasteiger charge is 2.23. The third-order valence-electron chi connectivity index (χ3n) is 5.67. The molecule has 1 saturated heterocycles. The lowest BCUT2D eigenvalue weighted by atomic mass is 10.00. The topological polar surface area (TPSA) is 67.1 Å². The minimum Gasteiger partial charge on any atom is -0.507 e. The maximum absolute atomic E-state index is 10.6. The highest BCUT2D eigenvalue weighted by Crippen LogP contribution is 2.36. The number of piperidine rings is 1. The molecule has 6 nitrogen and oxygen atoms in total. The van der Waals surface area contributed by atoms with E-state index in [4.69, 9.17) is 0 Å². The van der Waals surface area contributed by atoms with Crippen LogP contribution in [0.3, 0.4) is 0 Å². The normalized spacial score (nSPS) is 18.5. The van der Waals surface area contributed by atoms with Crippen LogP contribution >= 0.6 is 0 Å². The Morgan fingerprint density at radius 3 is 2.69 bits per heavy atom. The van der Waals surface area contributed by atoms with Crippen molar-refractivity contribution in [3.8, 4) is 17.0 Å². The Kier molecular flexibility index (Phi) is 4.15. The third-order valence-corrected chi connectivity index (χ3v) is 5.67. The largest absolute Gasteiger partial charge is 0.507 e. The Hall–Kier alpha value is -2.47. The van der Waals surface area contributed by atoms with Gasteiger partial charge in [-0.3, -0.25) is 0 Å². The first-order valence-electron chi connectivity index (χ1n) is 9.15. The molecule has 3 aromatic rings. The zero-order chi connectivity index (χ0) is 18.4. The van der Waals surface area contributed by atoms with Gasteiger partial charge in [-0.2, -0.15) is 0 Å². The van der Waals surface area contributed by atoms with E-state index >= 15 is 0 Å². The highest BCUT2D eigenvalue weighted by molar-refractivity contribution is 5.83. The first-order chi connectivity index (χ1) is 12.5. The maximum Gasteiger partial charge on any atom is 0.183 e. The Morgan fingerprint density at radius 1 is 1.12 bits per heavy atom. The van der Waals surface area contributed by atoms with Gasteiger partial charge in [0, 0.05) is 23.7 Å². The van der Waals surface area contributed by atoms with Crippen LogP contribution in [0.25, 0.3) is 22.4 Å². The predicted molar refractivity (Wildman–Crippen MR) is 102 cm³/mol. The number of hydrogen-bond acceptors (Lipinski definition) is 5. The molecule has 1 aliphatic heterocycles. The maximum atomic E-state index is 10.6. The average molecular weight is 351 g/mol. The molecule has 0 bridgehead atoms. The van der Waals surface area contributed by atoms with Gasteiger partial charge < -0.3 is 14.6 Å². The van der Waals surface area contributed by atoms with Crippen molar-refractivity contribution in [3.05, 3.63) is 35.2 Å². The average Bonchev–Trinajstić information content (AvgIpc) is 3.06. The molecule has 136 valence electrons. The van der Waals surface area contributed by atoms with Crippen LogP contribution in [-0.2, 0) is 0 Å². The smallest absolute Gasteiger partial charge is 0.183 e. The van der Waals surface area contributed by atoms with Gasteiger partial charge in [0.25, 0.3) is 0 Å². The Labute approximate surface area is 153 Å². The fourth-order valence-corrected chi connectivity index (χ4v) is 3.88. The van der Waals surface area contributed by atoms with Crippen LogP contribution < -0.4 is 0 Å². The summed E-state index contributed by atoms with van der Waals surface area (Å²) >= 11 is 0. The monoisotopic (exact) mass is 351 g/mol. The van der Waals surface area contributed by atoms with Gasteiger partial charge in [0.1, 0.15) is 17.0 Å². The number of benzene rings is 1. The number of aryl methyl sites for hydroxylation is 2. The summed E-state index contributed by atoms with van der Waals surface area (Å²) in [6.07, 6.45) is 4.21. The molecule has 1 fully saturated rings. The summed E-state index contributed by atoms with van der Waals surface area (Å²) < 4.78 is 2.16. The summed E-state index contributed by atoms with van der Waals surface area (Å²) in [5.41, 5.74) is 5.99. The minimum absolute atomic E-state index is 0.273. The highest BCUT2D eigenvalue weighted by atomic mass is 16.3. The van der Waals surface area contributed by atoms with Crippen molar-refractivity contribution in [2.45, 2.75) is 39.7 Å². The van der Waals surface area contributed by atoms with Crippen molar-refractivity contribution in [2.75, 3.05) is 20.1 Å². The number of likely N-dealkylation sites (N-methyl/N-ethyl adjacent to an activating group) is 1. The zero-order valence-electron chi connectivity index (χ0n) is 15.8. The molecule has 0 radical (unpaired) electrons. The van der Waals surface area contributed by atoms with Crippen molar-refractivity contribution in [3.63, 3.8) is 0 Å². The number of likely N-dealkylation sites (tertiary alicyclic amines) is 1. The van der Waals surface area contributed by atoms with Crippen molar-refractivity contribution >= 4 is 11.2 Å². The number of imidazole rings is 1. The number of aromatic nitrogens is 4. The molecule has 0 amide bonds. The van der Waals surface area contributed by atoms with Gasteiger partial charge in [-0.15, -0.1) is 10.2 Å². The van der Waals surface area contributed by atoms with E-state index in [9.17, 15) is 5.11 Å². The number of aromatic hydroxyl groups is 1. The molecular formula is C20H25N5O. The van der Waals surface area contributed by atoms with Crippen molar-refractivity contribution in [1.82, 2.24) is 24.6 Å². The van der Waals surface area contributed by atoms with Gasteiger partial charge >= 0.3 is 0 Å². The fraction of sp³-hybridized carbons (Fsp3) is 0.450. The standard InChI is InChI=1S/C20H25N5O/c1-12-7-8-16(19(26)13(12)2)17-14(3)18-20(23-22-17)25(11-21-18)15-6-5-9-24(4)10-15/h7-8,11,15,26H,5-6,9-10H2,1-4H3/t15-/m1/s1. The predicted octanol–water partition coefficient (Wildman–Crippen LogP) is 3.39. The van der Waals surface area contributed by atoms with Gasteiger partial charge in [-0.25, -0.2) is 4.98 Å². The molecule has 0 aliphatic carbocycles. The zero-order valence-corrected chi connectivity index (χ0v) is 15.8. The van der Waals surface area contributed by atoms with Crippen LogP contribution in [0.4, 0.5) is 0 Å². The van der Waals surface area contributed by atoms with Crippen LogP contribution in [-0.4, -0.2) is 49.9 Å². The summed E-state index contributed by atoms with van der Waals surface area (Å²) in [5.74, 6) is 0.273. The van der Waals surface area contributed by atoms with Crippen LogP contribution in [0.2, 0.25) is 0 Å². The van der Waals surface area contributed by atoms with Gasteiger partial charge in [-0.05, 0) is 64.4 Å². The molecule has 26 heavy (non-hydrogen) atoms. The SMILES string of the molecule is Cc1ccc(-c2nnc3c(ncn3[C@@H]3CCCN(C)C3)c2C)c(O)c1C. The number of hydrogen-bond donors (Lipinski definition) is 1. The van der Waals surface area contributed by atoms with Crippen molar-refractivity contribution < 1.29 is 5.11 Å². The Balaban J connectivity index is 1.81. The molecule has 1 aromatic carbocycles. The van der Waals surface area contributed by atoms with Crippen LogP contribution in [0.1, 0.15) is 35.6 Å². The lowest BCUT2D eigenvalue weighted by Crippen LogP contribution is -2.33. The lowest BCUT2D eigenvalue weighted by molar-refractivity contribution is 0.214. The lowest BCUT2D eigenvalue weighted by Gasteiger charge is -2.30. The molecule has 4 rings (SSSR count). The van der Waals surface area contributed by atoms with E-state index in [-0.39, 0.29) is 5.75 Å². The van der Waals surface area contributed by atoms with Crippen LogP contribution in [0.15, 0.2) is 18.5 Å². The number of nitrogens with zero attached hydrogens (tertiary/aromatic N) is 5. The van der Waals surface area contributed by atoms with E-state index in [2.05, 4.69) is 31.7 Å². The molecule has 0 saturated carbocycles. The van der Waals surface area contributed by atoms with E-state index in [1.165, 1.54) is 6.42 Å². The van der Waals surface area contributed by atoms with Crippen molar-refractivity contribution in [2.24, 2.45) is 0 Å². The van der Waals surface area contributed by atoms with Crippen LogP contribution in [0, 0.1) is 20.8 Å². The number of phenolic OH excluding ortho intramolecular Hbond substituents is 1. The summed E-state index contributed by atoms with van der Waals surface area (Å²) in [7, 11) is 2.16. The molecule has 1 atom stereocenters. The van der Waals surface area contributed by atoms with Crippen LogP contribution in [0.5, 0.6) is 5.75 Å². The molecule has 6 heteroatoms. The van der Waals surface area contributed by atoms with E-state index in [1.54, 1.807) is 0 Å². The van der Waals surface area contributed by atoms with Crippen molar-refractivity contribution in [1.29, 1.82) is 0 Å². The molecule has 2 aromatic heterocycles. The fourth-order valence-electron chi connectivity index (χ4n) is 3.88. The van der Waals surface area contributed by atoms with E-state index in [0.29, 0.717) is 17.3 Å². The Morgan fingerprint density at radius 2 is 1.92 bits per heavy atom. The van der Waals surface area contributed by atoms with Gasteiger partial charge in [0.05, 0.1) is 6.33 Å². The van der Waals surface area contributed by atoms with E-state index < -0.39 is 0 Å². The summed E-state index contributed by atoms with van der Waals surface area (Å²) in [5, 5.41) is 19.5. The third kappa shape index (κ3) is 2.65. The molecule has 0 unspecified atom stereocenters. The molecule has 1 aliphatic rings. The number of fused-ring (bicyclic) bond motifs is 1. The minimum atomic E-state index is 0.273. The van der Waals surface area contributed by atoms with Gasteiger partial charge in [0.2, 0.25) is 0 Å². The summed E-state index contributed by atoms with van der Waals surface area (Å²) in [4.78, 5) is 6.98. The first kappa shape index (κ1) is 17.0. The summed E-state index contributed by atoms with van der Waals surface area (Å²) in [6, 6.07) is 4.30. The Bertz CT molecular complexity index is 978. The van der Waals surface area contributed by atoms with Gasteiger partial charge in [-0.1, -0.05) is 6.07 Å². The number of phenols is 1. The van der Waals surface area contributed by atoms with E-state index in [1.807, 2.05) is 39.2 Å². The number of rotatable bonds is 2. The molecular weight excluding hydrogens is 326 g/mol. The second kappa shape index (κ2) is 6.36. The molecule has 3 heterocycles. The molecule has 1 N–H and O–H groups in total. The van der Waals surface area contributed by atoms with Gasteiger partial charge in [0.15, 0.2) is 5.65 Å². The van der Waals surface area contributed by atoms with E-state index in [0.717, 1.165) is 47.4 Å². The molecule has 0 spiro atoms. The second-order valence-corrected chi connectivity index (χ2v) is 7.46. The second-order valence-electron chi connectivity index (χ2n) is 7.46.